The summed E-state index contributed by atoms with van der Waals surface area (Å²) in [7, 11) is 0. The number of pyridine rings is 1. The van der Waals surface area contributed by atoms with Crippen molar-refractivity contribution in [1.29, 1.82) is 0 Å². The maximum Gasteiger partial charge on any atom is 0.276 e. The number of rotatable bonds is 9. The van der Waals surface area contributed by atoms with Crippen LogP contribution in [0.1, 0.15) is 46.5 Å². The molecule has 2 saturated carbocycles. The molecule has 1 amide bonds. The third-order valence-electron chi connectivity index (χ3n) is 5.19. The number of ether oxygens (including phenoxy) is 3. The Morgan fingerprint density at radius 3 is 2.86 bits per heavy atom. The lowest BCUT2D eigenvalue weighted by Crippen LogP contribution is -2.40. The minimum atomic E-state index is -0.0318. The van der Waals surface area contributed by atoms with E-state index in [0.717, 1.165) is 36.0 Å². The minimum absolute atomic E-state index is 0.0261. The molecule has 1 N–H and O–H groups in total. The Hall–Kier alpha value is -1.93. The Balaban J connectivity index is 1.20. The molecular weight excluding hydrogens is 378 g/mol. The molecule has 2 aromatic rings. The molecule has 152 valence electrons. The average molecular weight is 406 g/mol. The smallest absolute Gasteiger partial charge is 0.276 e. The SMILES string of the molecule is CC(=O)N[C@@H](C)CO[C@H]1C[C@H](COc2ccc3nc(OC4(C)CC4)sc3n2)C1. The third kappa shape index (κ3) is 4.91. The van der Waals surface area contributed by atoms with Gasteiger partial charge in [0.25, 0.3) is 5.19 Å². The number of aromatic nitrogens is 2. The van der Waals surface area contributed by atoms with E-state index in [4.69, 9.17) is 14.2 Å². The summed E-state index contributed by atoms with van der Waals surface area (Å²) in [5.74, 6) is 1.08. The molecule has 2 fully saturated rings. The quantitative estimate of drug-likeness (QED) is 0.689. The summed E-state index contributed by atoms with van der Waals surface area (Å²) in [5, 5.41) is 3.51. The van der Waals surface area contributed by atoms with E-state index in [-0.39, 0.29) is 23.7 Å². The van der Waals surface area contributed by atoms with Crippen molar-refractivity contribution in [1.82, 2.24) is 15.3 Å². The van der Waals surface area contributed by atoms with Crippen molar-refractivity contribution in [3.05, 3.63) is 12.1 Å². The number of fused-ring (bicyclic) bond motifs is 1. The second-order valence-electron chi connectivity index (χ2n) is 8.21. The number of thiazole rings is 1. The van der Waals surface area contributed by atoms with Gasteiger partial charge in [-0.15, -0.1) is 0 Å². The molecule has 2 aliphatic rings. The number of amides is 1. The predicted octanol–water partition coefficient (Wildman–Crippen LogP) is 3.32. The monoisotopic (exact) mass is 405 g/mol. The third-order valence-corrected chi connectivity index (χ3v) is 6.03. The van der Waals surface area contributed by atoms with E-state index >= 15 is 0 Å². The van der Waals surface area contributed by atoms with Crippen molar-refractivity contribution in [2.45, 2.75) is 64.2 Å². The molecular formula is C20H27N3O4S. The number of hydrogen-bond donors (Lipinski definition) is 1. The largest absolute Gasteiger partial charge is 0.477 e. The molecule has 4 rings (SSSR count). The fraction of sp³-hybridized carbons (Fsp3) is 0.650. The van der Waals surface area contributed by atoms with Crippen LogP contribution >= 0.6 is 11.3 Å². The molecule has 0 bridgehead atoms. The van der Waals surface area contributed by atoms with E-state index in [1.165, 1.54) is 18.3 Å². The zero-order valence-electron chi connectivity index (χ0n) is 16.6. The van der Waals surface area contributed by atoms with Gasteiger partial charge in [0.15, 0.2) is 4.83 Å². The normalized spacial score (nSPS) is 23.7. The minimum Gasteiger partial charge on any atom is -0.477 e. The highest BCUT2D eigenvalue weighted by Gasteiger charge is 2.41. The van der Waals surface area contributed by atoms with Crippen LogP contribution in [0.3, 0.4) is 0 Å². The highest BCUT2D eigenvalue weighted by molar-refractivity contribution is 7.19. The van der Waals surface area contributed by atoms with Crippen LogP contribution in [-0.2, 0) is 9.53 Å². The standard InChI is InChI=1S/C20H27N3O4S/c1-12(21-13(2)24)10-25-15-8-14(9-15)11-26-17-5-4-16-18(23-17)28-19(22-16)27-20(3)6-7-20/h4-5,12,14-15H,6-11H2,1-3H3,(H,21,24)/t12-,14-,15-/m0/s1. The molecule has 0 radical (unpaired) electrons. The molecule has 0 unspecified atom stereocenters. The van der Waals surface area contributed by atoms with Gasteiger partial charge in [0, 0.05) is 19.0 Å². The molecule has 28 heavy (non-hydrogen) atoms. The number of carbonyl (C=O) groups is 1. The van der Waals surface area contributed by atoms with Crippen LogP contribution in [0.5, 0.6) is 11.1 Å². The highest BCUT2D eigenvalue weighted by Crippen LogP contribution is 2.41. The molecule has 2 aliphatic carbocycles. The summed E-state index contributed by atoms with van der Waals surface area (Å²) in [6.07, 6.45) is 4.38. The fourth-order valence-electron chi connectivity index (χ4n) is 3.21. The van der Waals surface area contributed by atoms with Gasteiger partial charge in [-0.2, -0.15) is 0 Å². The summed E-state index contributed by atoms with van der Waals surface area (Å²) in [6, 6.07) is 3.85. The first-order valence-electron chi connectivity index (χ1n) is 9.87. The van der Waals surface area contributed by atoms with Crippen molar-refractivity contribution < 1.29 is 19.0 Å². The van der Waals surface area contributed by atoms with Gasteiger partial charge in [0.2, 0.25) is 11.8 Å². The topological polar surface area (TPSA) is 82.6 Å². The number of carbonyl (C=O) groups excluding carboxylic acids is 1. The molecule has 0 spiro atoms. The first-order valence-corrected chi connectivity index (χ1v) is 10.7. The van der Waals surface area contributed by atoms with Crippen LogP contribution in [0.2, 0.25) is 0 Å². The highest BCUT2D eigenvalue weighted by atomic mass is 32.1. The maximum absolute atomic E-state index is 11.0. The Labute approximate surface area is 168 Å². The summed E-state index contributed by atoms with van der Waals surface area (Å²) in [5.41, 5.74) is 0.817. The number of nitrogens with one attached hydrogen (secondary N) is 1. The van der Waals surface area contributed by atoms with Crippen LogP contribution in [0.4, 0.5) is 0 Å². The predicted molar refractivity (Wildman–Crippen MR) is 107 cm³/mol. The first kappa shape index (κ1) is 19.4. The lowest BCUT2D eigenvalue weighted by atomic mass is 9.83. The Bertz CT molecular complexity index is 845. The molecule has 2 heterocycles. The van der Waals surface area contributed by atoms with E-state index < -0.39 is 0 Å². The molecule has 8 heteroatoms. The van der Waals surface area contributed by atoms with Crippen LogP contribution in [0, 0.1) is 5.92 Å². The molecule has 7 nitrogen and oxygen atoms in total. The van der Waals surface area contributed by atoms with Crippen molar-refractivity contribution in [2.75, 3.05) is 13.2 Å². The molecule has 0 aromatic carbocycles. The van der Waals surface area contributed by atoms with Crippen molar-refractivity contribution in [3.8, 4) is 11.1 Å². The maximum atomic E-state index is 11.0. The number of nitrogens with zero attached hydrogens (tertiary/aromatic N) is 2. The van der Waals surface area contributed by atoms with Gasteiger partial charge >= 0.3 is 0 Å². The van der Waals surface area contributed by atoms with E-state index in [2.05, 4.69) is 22.2 Å². The average Bonchev–Trinajstić information content (AvgIpc) is 3.17. The molecule has 1 atom stereocenters. The number of hydrogen-bond acceptors (Lipinski definition) is 7. The zero-order valence-corrected chi connectivity index (χ0v) is 17.4. The van der Waals surface area contributed by atoms with Gasteiger partial charge in [0.05, 0.1) is 19.3 Å². The van der Waals surface area contributed by atoms with E-state index in [0.29, 0.717) is 30.2 Å². The summed E-state index contributed by atoms with van der Waals surface area (Å²) >= 11 is 1.47. The summed E-state index contributed by atoms with van der Waals surface area (Å²) in [6.45, 7) is 6.76. The fourth-order valence-corrected chi connectivity index (χ4v) is 4.12. The van der Waals surface area contributed by atoms with Crippen molar-refractivity contribution in [3.63, 3.8) is 0 Å². The van der Waals surface area contributed by atoms with Gasteiger partial charge in [0.1, 0.15) is 11.1 Å². The van der Waals surface area contributed by atoms with Gasteiger partial charge in [-0.25, -0.2) is 9.97 Å². The first-order chi connectivity index (χ1) is 13.4. The lowest BCUT2D eigenvalue weighted by Gasteiger charge is -2.35. The van der Waals surface area contributed by atoms with E-state index in [1.54, 1.807) is 0 Å². The zero-order chi connectivity index (χ0) is 19.7. The second kappa shape index (κ2) is 7.83. The van der Waals surface area contributed by atoms with Crippen molar-refractivity contribution in [2.24, 2.45) is 5.92 Å². The van der Waals surface area contributed by atoms with Crippen LogP contribution < -0.4 is 14.8 Å². The van der Waals surface area contributed by atoms with E-state index in [9.17, 15) is 4.79 Å². The van der Waals surface area contributed by atoms with Crippen LogP contribution in [-0.4, -0.2) is 46.8 Å². The van der Waals surface area contributed by atoms with Crippen molar-refractivity contribution >= 4 is 27.6 Å². The van der Waals surface area contributed by atoms with Gasteiger partial charge < -0.3 is 19.5 Å². The van der Waals surface area contributed by atoms with Crippen LogP contribution in [0.15, 0.2) is 12.1 Å². The van der Waals surface area contributed by atoms with Gasteiger partial charge in [-0.05, 0) is 51.5 Å². The van der Waals surface area contributed by atoms with Gasteiger partial charge in [-0.3, -0.25) is 4.79 Å². The molecule has 2 aromatic heterocycles. The lowest BCUT2D eigenvalue weighted by molar-refractivity contribution is -0.120. The Morgan fingerprint density at radius 1 is 1.36 bits per heavy atom. The summed E-state index contributed by atoms with van der Waals surface area (Å²) in [4.78, 5) is 20.9. The van der Waals surface area contributed by atoms with E-state index in [1.807, 2.05) is 19.1 Å². The second-order valence-corrected chi connectivity index (χ2v) is 9.15. The summed E-state index contributed by atoms with van der Waals surface area (Å²) < 4.78 is 17.6. The Kier molecular flexibility index (Phi) is 5.42. The Morgan fingerprint density at radius 2 is 2.14 bits per heavy atom. The van der Waals surface area contributed by atoms with Crippen LogP contribution in [0.25, 0.3) is 10.3 Å². The molecule has 0 aliphatic heterocycles. The molecule has 0 saturated heterocycles. The van der Waals surface area contributed by atoms with Gasteiger partial charge in [-0.1, -0.05) is 11.3 Å².